The van der Waals surface area contributed by atoms with Gasteiger partial charge in [-0.2, -0.15) is 13.2 Å². The van der Waals surface area contributed by atoms with Gasteiger partial charge in [0.2, 0.25) is 0 Å². The van der Waals surface area contributed by atoms with Crippen LogP contribution in [0.4, 0.5) is 13.2 Å². The number of aliphatic hydroxyl groups excluding tert-OH is 1. The van der Waals surface area contributed by atoms with Crippen LogP contribution in [0.5, 0.6) is 0 Å². The molecule has 3 nitrogen and oxygen atoms in total. The molecule has 1 amide bonds. The number of aryl methyl sites for hydroxylation is 2. The lowest BCUT2D eigenvalue weighted by molar-refractivity contribution is -0.137. The summed E-state index contributed by atoms with van der Waals surface area (Å²) in [5.74, 6) is -0.376. The summed E-state index contributed by atoms with van der Waals surface area (Å²) in [6.07, 6.45) is -5.69. The van der Waals surface area contributed by atoms with Crippen LogP contribution in [0.3, 0.4) is 0 Å². The summed E-state index contributed by atoms with van der Waals surface area (Å²) in [7, 11) is 0. The van der Waals surface area contributed by atoms with Crippen LogP contribution in [0.15, 0.2) is 42.5 Å². The Morgan fingerprint density at radius 3 is 2.50 bits per heavy atom. The van der Waals surface area contributed by atoms with Crippen LogP contribution in [0, 0.1) is 13.8 Å². The number of nitrogens with one attached hydrogen (secondary N) is 1. The number of alkyl halides is 3. The molecule has 0 saturated carbocycles. The minimum Gasteiger partial charge on any atom is -0.387 e. The van der Waals surface area contributed by atoms with Crippen LogP contribution < -0.4 is 5.32 Å². The Hall–Kier alpha value is -2.34. The molecule has 1 atom stereocenters. The van der Waals surface area contributed by atoms with Gasteiger partial charge in [-0.15, -0.1) is 0 Å². The summed E-state index contributed by atoms with van der Waals surface area (Å²) in [5, 5.41) is 12.6. The van der Waals surface area contributed by atoms with Crippen molar-refractivity contribution in [3.63, 3.8) is 0 Å². The van der Waals surface area contributed by atoms with Crippen molar-refractivity contribution in [1.29, 1.82) is 0 Å². The van der Waals surface area contributed by atoms with Crippen molar-refractivity contribution in [3.8, 4) is 0 Å². The molecule has 2 N–H and O–H groups in total. The summed E-state index contributed by atoms with van der Waals surface area (Å²) in [4.78, 5) is 12.1. The van der Waals surface area contributed by atoms with E-state index in [1.807, 2.05) is 13.0 Å². The molecule has 0 heterocycles. The van der Waals surface area contributed by atoms with Gasteiger partial charge in [0.25, 0.3) is 5.91 Å². The van der Waals surface area contributed by atoms with Gasteiger partial charge in [0.05, 0.1) is 11.7 Å². The maximum Gasteiger partial charge on any atom is 0.416 e. The minimum atomic E-state index is -4.47. The number of carbonyl (C=O) groups excluding carboxylic acids is 1. The normalized spacial score (nSPS) is 12.8. The predicted octanol–water partition coefficient (Wildman–Crippen LogP) is 3.79. The van der Waals surface area contributed by atoms with E-state index >= 15 is 0 Å². The molecule has 0 fully saturated rings. The molecule has 24 heavy (non-hydrogen) atoms. The van der Waals surface area contributed by atoms with Crippen molar-refractivity contribution in [2.45, 2.75) is 26.1 Å². The lowest BCUT2D eigenvalue weighted by atomic mass is 10.0. The molecule has 128 valence electrons. The summed E-state index contributed by atoms with van der Waals surface area (Å²) >= 11 is 0. The number of amides is 1. The number of rotatable bonds is 4. The third kappa shape index (κ3) is 4.35. The maximum absolute atomic E-state index is 12.7. The minimum absolute atomic E-state index is 0.103. The molecule has 0 aliphatic carbocycles. The lowest BCUT2D eigenvalue weighted by Crippen LogP contribution is -2.29. The highest BCUT2D eigenvalue weighted by molar-refractivity contribution is 5.95. The van der Waals surface area contributed by atoms with Crippen LogP contribution in [0.1, 0.15) is 38.7 Å². The molecule has 6 heteroatoms. The van der Waals surface area contributed by atoms with Crippen LogP contribution >= 0.6 is 0 Å². The van der Waals surface area contributed by atoms with Gasteiger partial charge in [0.15, 0.2) is 0 Å². The number of hydrogen-bond acceptors (Lipinski definition) is 2. The molecular weight excluding hydrogens is 319 g/mol. The summed E-state index contributed by atoms with van der Waals surface area (Å²) < 4.78 is 38.1. The molecule has 2 aromatic carbocycles. The molecule has 0 aliphatic heterocycles. The zero-order valence-electron chi connectivity index (χ0n) is 13.3. The number of hydrogen-bond donors (Lipinski definition) is 2. The van der Waals surface area contributed by atoms with Gasteiger partial charge in [-0.05, 0) is 43.2 Å². The first-order valence-electron chi connectivity index (χ1n) is 7.39. The second-order valence-electron chi connectivity index (χ2n) is 5.67. The highest BCUT2D eigenvalue weighted by atomic mass is 19.4. The number of benzene rings is 2. The van der Waals surface area contributed by atoms with Crippen molar-refractivity contribution in [2.24, 2.45) is 0 Å². The van der Waals surface area contributed by atoms with Crippen molar-refractivity contribution in [2.75, 3.05) is 6.54 Å². The largest absolute Gasteiger partial charge is 0.416 e. The molecule has 2 rings (SSSR count). The highest BCUT2D eigenvalue weighted by Crippen LogP contribution is 2.30. The monoisotopic (exact) mass is 337 g/mol. The van der Waals surface area contributed by atoms with E-state index in [0.29, 0.717) is 5.56 Å². The predicted molar refractivity (Wildman–Crippen MR) is 84.7 cm³/mol. The van der Waals surface area contributed by atoms with E-state index in [1.165, 1.54) is 12.1 Å². The fraction of sp³-hybridized carbons (Fsp3) is 0.278. The molecule has 1 unspecified atom stereocenters. The first kappa shape index (κ1) is 18.0. The Morgan fingerprint density at radius 1 is 1.17 bits per heavy atom. The first-order valence-corrected chi connectivity index (χ1v) is 7.39. The maximum atomic E-state index is 12.7. The molecular formula is C18H18F3NO2. The van der Waals surface area contributed by atoms with E-state index in [4.69, 9.17) is 0 Å². The number of carbonyl (C=O) groups is 1. The van der Waals surface area contributed by atoms with E-state index in [-0.39, 0.29) is 18.0 Å². The Labute approximate surface area is 138 Å². The third-order valence-electron chi connectivity index (χ3n) is 3.68. The molecule has 0 aromatic heterocycles. The average Bonchev–Trinajstić information content (AvgIpc) is 2.51. The summed E-state index contributed by atoms with van der Waals surface area (Å²) in [6, 6.07) is 9.77. The second-order valence-corrected chi connectivity index (χ2v) is 5.67. The quantitative estimate of drug-likeness (QED) is 0.892. The zero-order chi connectivity index (χ0) is 17.9. The van der Waals surface area contributed by atoms with Gasteiger partial charge in [-0.25, -0.2) is 0 Å². The SMILES string of the molecule is Cc1ccc(C(=O)NCC(O)c2cccc(C(F)(F)F)c2)c(C)c1. The van der Waals surface area contributed by atoms with Crippen LogP contribution in [-0.4, -0.2) is 17.6 Å². The zero-order valence-corrected chi connectivity index (χ0v) is 13.3. The van der Waals surface area contributed by atoms with E-state index in [9.17, 15) is 23.1 Å². The summed E-state index contributed by atoms with van der Waals surface area (Å²) in [6.45, 7) is 3.53. The van der Waals surface area contributed by atoms with Gasteiger partial charge in [-0.1, -0.05) is 29.8 Å². The fourth-order valence-corrected chi connectivity index (χ4v) is 2.39. The Balaban J connectivity index is 2.05. The lowest BCUT2D eigenvalue weighted by Gasteiger charge is -2.15. The van der Waals surface area contributed by atoms with Gasteiger partial charge < -0.3 is 10.4 Å². The van der Waals surface area contributed by atoms with Crippen LogP contribution in [-0.2, 0) is 6.18 Å². The molecule has 0 bridgehead atoms. The van der Waals surface area contributed by atoms with Crippen molar-refractivity contribution in [3.05, 3.63) is 70.3 Å². The van der Waals surface area contributed by atoms with Crippen molar-refractivity contribution >= 4 is 5.91 Å². The molecule has 0 saturated heterocycles. The highest BCUT2D eigenvalue weighted by Gasteiger charge is 2.30. The van der Waals surface area contributed by atoms with Gasteiger partial charge in [0.1, 0.15) is 0 Å². The van der Waals surface area contributed by atoms with Crippen molar-refractivity contribution in [1.82, 2.24) is 5.32 Å². The molecule has 0 aliphatic rings. The molecule has 2 aromatic rings. The fourth-order valence-electron chi connectivity index (χ4n) is 2.39. The Morgan fingerprint density at radius 2 is 1.88 bits per heavy atom. The molecule has 0 spiro atoms. The summed E-state index contributed by atoms with van der Waals surface area (Å²) in [5.41, 5.74) is 1.55. The Bertz CT molecular complexity index is 741. The second kappa shape index (κ2) is 7.05. The van der Waals surface area contributed by atoms with Gasteiger partial charge in [-0.3, -0.25) is 4.79 Å². The van der Waals surface area contributed by atoms with E-state index in [1.54, 1.807) is 19.1 Å². The van der Waals surface area contributed by atoms with E-state index < -0.39 is 17.8 Å². The smallest absolute Gasteiger partial charge is 0.387 e. The van der Waals surface area contributed by atoms with Crippen molar-refractivity contribution < 1.29 is 23.1 Å². The number of aliphatic hydroxyl groups is 1. The van der Waals surface area contributed by atoms with Gasteiger partial charge in [0, 0.05) is 12.1 Å². The first-order chi connectivity index (χ1) is 11.2. The topological polar surface area (TPSA) is 49.3 Å². The third-order valence-corrected chi connectivity index (χ3v) is 3.68. The standard InChI is InChI=1S/C18H18F3NO2/c1-11-6-7-15(12(2)8-11)17(24)22-10-16(23)13-4-3-5-14(9-13)18(19,20)21/h3-9,16,23H,10H2,1-2H3,(H,22,24). The van der Waals surface area contributed by atoms with Crippen LogP contribution in [0.2, 0.25) is 0 Å². The number of halogens is 3. The van der Waals surface area contributed by atoms with Gasteiger partial charge >= 0.3 is 6.18 Å². The molecule has 0 radical (unpaired) electrons. The van der Waals surface area contributed by atoms with E-state index in [0.717, 1.165) is 23.3 Å². The Kier molecular flexibility index (Phi) is 5.29. The average molecular weight is 337 g/mol. The van der Waals surface area contributed by atoms with E-state index in [2.05, 4.69) is 5.32 Å². The van der Waals surface area contributed by atoms with Crippen LogP contribution in [0.25, 0.3) is 0 Å².